The van der Waals surface area contributed by atoms with Gasteiger partial charge in [0.05, 0.1) is 17.5 Å². The van der Waals surface area contributed by atoms with Crippen molar-refractivity contribution in [2.24, 2.45) is 7.05 Å². The van der Waals surface area contributed by atoms with E-state index in [0.29, 0.717) is 11.0 Å². The molecule has 0 radical (unpaired) electrons. The second kappa shape index (κ2) is 3.91. The van der Waals surface area contributed by atoms with Crippen LogP contribution in [0.25, 0.3) is 16.7 Å². The summed E-state index contributed by atoms with van der Waals surface area (Å²) in [5.74, 6) is -1.00. The molecule has 0 unspecified atom stereocenters. The lowest BCUT2D eigenvalue weighted by molar-refractivity contribution is 0.0698. The fourth-order valence-corrected chi connectivity index (χ4v) is 2.11. The molecule has 1 aromatic carbocycles. The van der Waals surface area contributed by atoms with Gasteiger partial charge in [-0.1, -0.05) is 11.3 Å². The number of hydrogen-bond acceptors (Lipinski definition) is 4. The van der Waals surface area contributed by atoms with Crippen molar-refractivity contribution in [3.05, 3.63) is 35.7 Å². The summed E-state index contributed by atoms with van der Waals surface area (Å²) in [4.78, 5) is 11.3. The molecule has 19 heavy (non-hydrogen) atoms. The topological polar surface area (TPSA) is 85.8 Å². The minimum atomic E-state index is -1.00. The van der Waals surface area contributed by atoms with E-state index in [2.05, 4.69) is 15.4 Å². The third kappa shape index (κ3) is 1.67. The van der Waals surface area contributed by atoms with Gasteiger partial charge in [-0.3, -0.25) is 4.68 Å². The molecule has 96 valence electrons. The highest BCUT2D eigenvalue weighted by atomic mass is 16.4. The van der Waals surface area contributed by atoms with Crippen molar-refractivity contribution in [3.8, 4) is 5.69 Å². The van der Waals surface area contributed by atoms with Gasteiger partial charge in [0.25, 0.3) is 0 Å². The predicted molar refractivity (Wildman–Crippen MR) is 67.3 cm³/mol. The molecule has 3 rings (SSSR count). The van der Waals surface area contributed by atoms with Gasteiger partial charge >= 0.3 is 5.97 Å². The molecule has 0 fully saturated rings. The van der Waals surface area contributed by atoms with Gasteiger partial charge in [0, 0.05) is 7.05 Å². The summed E-state index contributed by atoms with van der Waals surface area (Å²) in [6, 6.07) is 4.92. The zero-order valence-corrected chi connectivity index (χ0v) is 10.4. The van der Waals surface area contributed by atoms with Gasteiger partial charge in [0.1, 0.15) is 16.7 Å². The van der Waals surface area contributed by atoms with Crippen LogP contribution in [-0.4, -0.2) is 35.9 Å². The monoisotopic (exact) mass is 257 g/mol. The summed E-state index contributed by atoms with van der Waals surface area (Å²) in [6.07, 6.45) is 1.78. The quantitative estimate of drug-likeness (QED) is 0.744. The van der Waals surface area contributed by atoms with Gasteiger partial charge in [0.15, 0.2) is 0 Å². The molecule has 3 aromatic rings. The molecule has 7 nitrogen and oxygen atoms in total. The number of nitrogens with zero attached hydrogens (tertiary/aromatic N) is 5. The second-order valence-corrected chi connectivity index (χ2v) is 4.25. The van der Waals surface area contributed by atoms with Crippen molar-refractivity contribution in [1.82, 2.24) is 24.8 Å². The first kappa shape index (κ1) is 11.4. The molecule has 0 saturated carbocycles. The van der Waals surface area contributed by atoms with Gasteiger partial charge in [-0.15, -0.1) is 5.10 Å². The summed E-state index contributed by atoms with van der Waals surface area (Å²) in [5, 5.41) is 21.5. The molecule has 2 heterocycles. The maximum absolute atomic E-state index is 11.3. The molecular weight excluding hydrogens is 246 g/mol. The van der Waals surface area contributed by atoms with E-state index in [1.807, 2.05) is 6.92 Å². The molecule has 0 saturated heterocycles. The number of aromatic carboxylic acids is 1. The van der Waals surface area contributed by atoms with Crippen LogP contribution in [-0.2, 0) is 7.05 Å². The van der Waals surface area contributed by atoms with Crippen LogP contribution in [0.4, 0.5) is 0 Å². The lowest BCUT2D eigenvalue weighted by atomic mass is 10.2. The van der Waals surface area contributed by atoms with E-state index in [4.69, 9.17) is 0 Å². The minimum absolute atomic E-state index is 0.172. The molecule has 0 aliphatic rings. The van der Waals surface area contributed by atoms with Gasteiger partial charge in [-0.05, 0) is 19.1 Å². The molecular formula is C12H11N5O2. The van der Waals surface area contributed by atoms with Gasteiger partial charge in [-0.25, -0.2) is 9.48 Å². The molecule has 0 atom stereocenters. The Morgan fingerprint density at radius 1 is 1.37 bits per heavy atom. The Hall–Kier alpha value is -2.70. The average Bonchev–Trinajstić information content (AvgIpc) is 2.91. The van der Waals surface area contributed by atoms with Crippen molar-refractivity contribution >= 4 is 17.0 Å². The molecule has 0 aliphatic heterocycles. The molecule has 0 spiro atoms. The number of carboxylic acids is 1. The molecule has 0 bridgehead atoms. The average molecular weight is 257 g/mol. The Bertz CT molecular complexity index is 787. The van der Waals surface area contributed by atoms with E-state index in [1.54, 1.807) is 30.1 Å². The standard InChI is InChI=1S/C12H11N5O2/c1-7-10(6-16(2)14-7)17-11-8(12(18)19)4-3-5-9(11)13-15-17/h3-6H,1-2H3,(H,18,19). The van der Waals surface area contributed by atoms with Crippen molar-refractivity contribution < 1.29 is 9.90 Å². The zero-order chi connectivity index (χ0) is 13.6. The van der Waals surface area contributed by atoms with E-state index < -0.39 is 5.97 Å². The number of benzene rings is 1. The fraction of sp³-hybridized carbons (Fsp3) is 0.167. The number of para-hydroxylation sites is 1. The first-order valence-corrected chi connectivity index (χ1v) is 5.66. The van der Waals surface area contributed by atoms with Crippen LogP contribution in [0.3, 0.4) is 0 Å². The molecule has 1 N–H and O–H groups in total. The number of aryl methyl sites for hydroxylation is 2. The molecule has 2 aromatic heterocycles. The largest absolute Gasteiger partial charge is 0.478 e. The summed E-state index contributed by atoms with van der Waals surface area (Å²) in [6.45, 7) is 1.84. The molecule has 0 aliphatic carbocycles. The highest BCUT2D eigenvalue weighted by Gasteiger charge is 2.17. The third-order valence-electron chi connectivity index (χ3n) is 2.91. The lowest BCUT2D eigenvalue weighted by Gasteiger charge is -2.02. The fourth-order valence-electron chi connectivity index (χ4n) is 2.11. The smallest absolute Gasteiger partial charge is 0.337 e. The summed E-state index contributed by atoms with van der Waals surface area (Å²) < 4.78 is 3.17. The number of hydrogen-bond donors (Lipinski definition) is 1. The Kier molecular flexibility index (Phi) is 2.34. The number of rotatable bonds is 2. The zero-order valence-electron chi connectivity index (χ0n) is 10.4. The van der Waals surface area contributed by atoms with Crippen molar-refractivity contribution in [2.45, 2.75) is 6.92 Å². The van der Waals surface area contributed by atoms with Crippen LogP contribution in [0.1, 0.15) is 16.1 Å². The number of carbonyl (C=O) groups is 1. The van der Waals surface area contributed by atoms with E-state index >= 15 is 0 Å². The van der Waals surface area contributed by atoms with E-state index in [9.17, 15) is 9.90 Å². The predicted octanol–water partition coefficient (Wildman–Crippen LogP) is 1.16. The highest BCUT2D eigenvalue weighted by molar-refractivity contribution is 6.01. The van der Waals surface area contributed by atoms with Gasteiger partial charge < -0.3 is 5.11 Å². The van der Waals surface area contributed by atoms with Crippen LogP contribution in [0.5, 0.6) is 0 Å². The SMILES string of the molecule is Cc1nn(C)cc1-n1nnc2cccc(C(=O)O)c21. The van der Waals surface area contributed by atoms with Crippen LogP contribution >= 0.6 is 0 Å². The summed E-state index contributed by atoms with van der Waals surface area (Å²) in [7, 11) is 1.80. The van der Waals surface area contributed by atoms with E-state index in [0.717, 1.165) is 11.4 Å². The Morgan fingerprint density at radius 2 is 2.16 bits per heavy atom. The second-order valence-electron chi connectivity index (χ2n) is 4.25. The Balaban J connectivity index is 2.36. The maximum Gasteiger partial charge on any atom is 0.337 e. The Morgan fingerprint density at radius 3 is 2.79 bits per heavy atom. The lowest BCUT2D eigenvalue weighted by Crippen LogP contribution is -2.03. The summed E-state index contributed by atoms with van der Waals surface area (Å²) in [5.41, 5.74) is 2.67. The highest BCUT2D eigenvalue weighted by Crippen LogP contribution is 2.21. The van der Waals surface area contributed by atoms with Gasteiger partial charge in [0.2, 0.25) is 0 Å². The van der Waals surface area contributed by atoms with Crippen molar-refractivity contribution in [1.29, 1.82) is 0 Å². The van der Waals surface area contributed by atoms with Crippen LogP contribution in [0.15, 0.2) is 24.4 Å². The van der Waals surface area contributed by atoms with Crippen molar-refractivity contribution in [2.75, 3.05) is 0 Å². The molecule has 0 amide bonds. The van der Waals surface area contributed by atoms with E-state index in [-0.39, 0.29) is 5.56 Å². The van der Waals surface area contributed by atoms with Gasteiger partial charge in [-0.2, -0.15) is 5.10 Å². The Labute approximate surface area is 108 Å². The van der Waals surface area contributed by atoms with Crippen LogP contribution < -0.4 is 0 Å². The minimum Gasteiger partial charge on any atom is -0.478 e. The maximum atomic E-state index is 11.3. The number of carboxylic acid groups (broad SMARTS) is 1. The van der Waals surface area contributed by atoms with Crippen LogP contribution in [0.2, 0.25) is 0 Å². The van der Waals surface area contributed by atoms with Crippen molar-refractivity contribution in [3.63, 3.8) is 0 Å². The molecule has 7 heteroatoms. The van der Waals surface area contributed by atoms with Crippen LogP contribution in [0, 0.1) is 6.92 Å². The van der Waals surface area contributed by atoms with E-state index in [1.165, 1.54) is 10.7 Å². The number of fused-ring (bicyclic) bond motifs is 1. The first-order valence-electron chi connectivity index (χ1n) is 5.66. The first-order chi connectivity index (χ1) is 9.08. The number of aromatic nitrogens is 5. The normalized spacial score (nSPS) is 11.1. The summed E-state index contributed by atoms with van der Waals surface area (Å²) >= 11 is 0. The third-order valence-corrected chi connectivity index (χ3v) is 2.91.